The number of carbonyl (C=O) groups excluding carboxylic acids is 4. The number of amides is 4. The van der Waals surface area contributed by atoms with Crippen LogP contribution in [0.1, 0.15) is 102 Å². The Morgan fingerprint density at radius 2 is 1.26 bits per heavy atom. The maximum absolute atomic E-state index is 13.8. The summed E-state index contributed by atoms with van der Waals surface area (Å²) in [5, 5.41) is 5.40. The highest BCUT2D eigenvalue weighted by atomic mass is 16.5. The molecule has 0 saturated heterocycles. The molecule has 4 aromatic rings. The fourth-order valence-electron chi connectivity index (χ4n) is 10.1. The molecular formula is C48H58N8O6. The third kappa shape index (κ3) is 8.14. The summed E-state index contributed by atoms with van der Waals surface area (Å²) in [6.45, 7) is 10.6. The molecule has 4 amide bonds. The lowest BCUT2D eigenvalue weighted by Crippen LogP contribution is -2.51. The fourth-order valence-corrected chi connectivity index (χ4v) is 10.1. The van der Waals surface area contributed by atoms with E-state index in [9.17, 15) is 19.2 Å². The number of imidazole rings is 2. The van der Waals surface area contributed by atoms with E-state index in [0.29, 0.717) is 31.2 Å². The van der Waals surface area contributed by atoms with Crippen LogP contribution < -0.4 is 10.6 Å². The number of nitrogens with zero attached hydrogens (tertiary/aromatic N) is 4. The minimum atomic E-state index is -0.734. The van der Waals surface area contributed by atoms with Gasteiger partial charge in [-0.15, -0.1) is 0 Å². The van der Waals surface area contributed by atoms with Crippen molar-refractivity contribution in [3.63, 3.8) is 0 Å². The summed E-state index contributed by atoms with van der Waals surface area (Å²) < 4.78 is 9.58. The number of H-pyrrole nitrogens is 2. The number of aromatic amines is 2. The van der Waals surface area contributed by atoms with Crippen LogP contribution in [-0.4, -0.2) is 93.1 Å². The van der Waals surface area contributed by atoms with Gasteiger partial charge >= 0.3 is 12.2 Å². The van der Waals surface area contributed by atoms with E-state index in [-0.39, 0.29) is 29.2 Å². The van der Waals surface area contributed by atoms with Gasteiger partial charge < -0.3 is 39.9 Å². The van der Waals surface area contributed by atoms with E-state index >= 15 is 0 Å². The molecule has 1 spiro atoms. The monoisotopic (exact) mass is 842 g/mol. The van der Waals surface area contributed by atoms with E-state index in [1.165, 1.54) is 56.6 Å². The molecule has 0 radical (unpaired) electrons. The summed E-state index contributed by atoms with van der Waals surface area (Å²) in [5.74, 6) is 0.850. The molecule has 2 aromatic carbocycles. The molecule has 14 nitrogen and oxygen atoms in total. The first-order valence-electron chi connectivity index (χ1n) is 21.8. The summed E-state index contributed by atoms with van der Waals surface area (Å²) in [5.41, 5.74) is 11.4. The molecule has 4 unspecified atom stereocenters. The van der Waals surface area contributed by atoms with Gasteiger partial charge in [0.1, 0.15) is 35.8 Å². The first kappa shape index (κ1) is 42.5. The zero-order valence-corrected chi connectivity index (χ0v) is 36.8. The molecule has 4 heterocycles. The minimum Gasteiger partial charge on any atom is -0.453 e. The van der Waals surface area contributed by atoms with Crippen LogP contribution in [0, 0.1) is 11.3 Å². The van der Waals surface area contributed by atoms with Crippen molar-refractivity contribution in [1.82, 2.24) is 40.4 Å². The Morgan fingerprint density at radius 3 is 1.84 bits per heavy atom. The average molecular weight is 843 g/mol. The summed E-state index contributed by atoms with van der Waals surface area (Å²) in [4.78, 5) is 71.9. The molecule has 14 heteroatoms. The van der Waals surface area contributed by atoms with Crippen LogP contribution in [0.3, 0.4) is 0 Å². The Morgan fingerprint density at radius 1 is 0.742 bits per heavy atom. The molecular weight excluding hydrogens is 785 g/mol. The van der Waals surface area contributed by atoms with Gasteiger partial charge in [-0.1, -0.05) is 93.3 Å². The van der Waals surface area contributed by atoms with Crippen molar-refractivity contribution in [1.29, 1.82) is 0 Å². The first-order valence-corrected chi connectivity index (χ1v) is 21.8. The summed E-state index contributed by atoms with van der Waals surface area (Å²) >= 11 is 0. The van der Waals surface area contributed by atoms with E-state index in [4.69, 9.17) is 19.4 Å². The summed E-state index contributed by atoms with van der Waals surface area (Å²) in [6.07, 6.45) is 14.0. The number of carbonyl (C=O) groups is 4. The Kier molecular flexibility index (Phi) is 11.9. The van der Waals surface area contributed by atoms with Crippen LogP contribution in [0.2, 0.25) is 0 Å². The van der Waals surface area contributed by atoms with Crippen LogP contribution in [0.25, 0.3) is 33.6 Å². The predicted octanol–water partition coefficient (Wildman–Crippen LogP) is 7.97. The van der Waals surface area contributed by atoms with Gasteiger partial charge in [0.2, 0.25) is 11.8 Å². The second kappa shape index (κ2) is 17.3. The topological polar surface area (TPSA) is 175 Å². The number of alkyl carbamates (subject to hydrolysis) is 2. The average Bonchev–Trinajstić information content (AvgIpc) is 4.14. The number of aromatic nitrogens is 4. The Balaban J connectivity index is 1.05. The van der Waals surface area contributed by atoms with Gasteiger partial charge in [-0.2, -0.15) is 0 Å². The SMILES string of the molecule is CCC(NC(=O)OC)C(=O)N1CC(C)=CC1c1ncc(-c2ccc(-c3ccc(-c4cnc(C5C=C(C)CN5C(=O)C(NC(=O)OC)C(C)C)[nH]4)cc3)c3c2CC2(CCCC2)C3)[nH]1. The van der Waals surface area contributed by atoms with Crippen LogP contribution in [0.4, 0.5) is 9.59 Å². The van der Waals surface area contributed by atoms with Crippen LogP contribution in [-0.2, 0) is 31.9 Å². The van der Waals surface area contributed by atoms with Crippen molar-refractivity contribution in [2.75, 3.05) is 27.3 Å². The predicted molar refractivity (Wildman–Crippen MR) is 236 cm³/mol. The number of hydrogen-bond acceptors (Lipinski definition) is 8. The van der Waals surface area contributed by atoms with Gasteiger partial charge in [0.05, 0.1) is 38.0 Å². The second-order valence-electron chi connectivity index (χ2n) is 17.9. The van der Waals surface area contributed by atoms with E-state index in [0.717, 1.165) is 52.1 Å². The molecule has 2 aliphatic heterocycles. The van der Waals surface area contributed by atoms with Crippen molar-refractivity contribution < 1.29 is 28.7 Å². The second-order valence-corrected chi connectivity index (χ2v) is 17.9. The van der Waals surface area contributed by atoms with Crippen molar-refractivity contribution in [3.8, 4) is 33.6 Å². The molecule has 2 aliphatic carbocycles. The van der Waals surface area contributed by atoms with E-state index < -0.39 is 30.3 Å². The van der Waals surface area contributed by atoms with E-state index in [1.807, 2.05) is 53.1 Å². The van der Waals surface area contributed by atoms with E-state index in [1.54, 1.807) is 9.80 Å². The molecule has 4 aliphatic rings. The number of ether oxygens (including phenoxy) is 2. The third-order valence-electron chi connectivity index (χ3n) is 13.3. The Hall–Kier alpha value is -6.18. The largest absolute Gasteiger partial charge is 0.453 e. The smallest absolute Gasteiger partial charge is 0.407 e. The summed E-state index contributed by atoms with van der Waals surface area (Å²) in [7, 11) is 2.58. The Bertz CT molecular complexity index is 2420. The zero-order chi connectivity index (χ0) is 43.9. The number of fused-ring (bicyclic) bond motifs is 1. The molecule has 1 fully saturated rings. The van der Waals surface area contributed by atoms with Gasteiger partial charge in [-0.05, 0) is 85.1 Å². The van der Waals surface area contributed by atoms with Gasteiger partial charge in [0, 0.05) is 18.7 Å². The highest BCUT2D eigenvalue weighted by Crippen LogP contribution is 2.53. The molecule has 8 rings (SSSR count). The molecule has 62 heavy (non-hydrogen) atoms. The maximum Gasteiger partial charge on any atom is 0.407 e. The quantitative estimate of drug-likeness (QED) is 0.110. The van der Waals surface area contributed by atoms with Gasteiger partial charge in [-0.25, -0.2) is 19.6 Å². The normalized spacial score (nSPS) is 19.9. The van der Waals surface area contributed by atoms with Crippen molar-refractivity contribution in [2.45, 2.75) is 104 Å². The lowest BCUT2D eigenvalue weighted by atomic mass is 9.82. The number of hydrogen-bond donors (Lipinski definition) is 4. The van der Waals surface area contributed by atoms with Crippen LogP contribution in [0.5, 0.6) is 0 Å². The van der Waals surface area contributed by atoms with Crippen molar-refractivity contribution >= 4 is 24.0 Å². The zero-order valence-electron chi connectivity index (χ0n) is 36.8. The fraction of sp³-hybridized carbons (Fsp3) is 0.458. The van der Waals surface area contributed by atoms with Crippen molar-refractivity contribution in [2.24, 2.45) is 11.3 Å². The molecule has 0 bridgehead atoms. The minimum absolute atomic E-state index is 0.138. The number of methoxy groups -OCH3 is 2. The molecule has 2 aromatic heterocycles. The number of rotatable bonds is 11. The highest BCUT2D eigenvalue weighted by Gasteiger charge is 2.42. The molecule has 1 saturated carbocycles. The highest BCUT2D eigenvalue weighted by molar-refractivity contribution is 5.88. The van der Waals surface area contributed by atoms with Crippen LogP contribution >= 0.6 is 0 Å². The lowest BCUT2D eigenvalue weighted by Gasteiger charge is -2.30. The standard InChI is InChI=1S/C48H58N8O6/c1-8-36(53-46(59)61-6)44(57)55-25-28(4)19-39(55)43-50-24-38(52-43)33-16-15-32(34-21-48(22-35(33)34)17-9-10-18-48)30-11-13-31(14-12-30)37-23-49-42(51-37)40-20-29(5)26-56(40)45(58)41(27(2)3)54-47(60)62-7/h11-16,19-20,23-24,27,36,39-41H,8-10,17-18,21-22,25-26H2,1-7H3,(H,49,51)(H,50,52)(H,53,59)(H,54,60). The van der Waals surface area contributed by atoms with Gasteiger partial charge in [-0.3, -0.25) is 9.59 Å². The number of nitrogens with one attached hydrogen (secondary N) is 4. The molecule has 326 valence electrons. The Labute approximate surface area is 362 Å². The van der Waals surface area contributed by atoms with Crippen molar-refractivity contribution in [3.05, 3.63) is 94.9 Å². The van der Waals surface area contributed by atoms with Gasteiger partial charge in [0.15, 0.2) is 0 Å². The third-order valence-corrected chi connectivity index (χ3v) is 13.3. The molecule has 4 atom stereocenters. The summed E-state index contributed by atoms with van der Waals surface area (Å²) in [6, 6.07) is 10.9. The van der Waals surface area contributed by atoms with E-state index in [2.05, 4.69) is 63.1 Å². The van der Waals surface area contributed by atoms with Crippen LogP contribution in [0.15, 0.2) is 72.1 Å². The lowest BCUT2D eigenvalue weighted by molar-refractivity contribution is -0.135. The number of benzene rings is 2. The van der Waals surface area contributed by atoms with Gasteiger partial charge in [0.25, 0.3) is 0 Å². The maximum atomic E-state index is 13.8. The molecule has 4 N–H and O–H groups in total. The first-order chi connectivity index (χ1) is 29.8.